The molecule has 0 aromatic rings. The molecule has 2 rings (SSSR count). The summed E-state index contributed by atoms with van der Waals surface area (Å²) in [5, 5.41) is 75.4. The Bertz CT molecular complexity index is 1250. The number of hydrogen-bond acceptors (Lipinski definition) is 10. The van der Waals surface area contributed by atoms with Crippen LogP contribution in [-0.4, -0.2) is 109 Å². The van der Waals surface area contributed by atoms with E-state index in [9.17, 15) is 40.2 Å². The lowest BCUT2D eigenvalue weighted by molar-refractivity contribution is -0.361. The van der Waals surface area contributed by atoms with Crippen LogP contribution in [0.4, 0.5) is 0 Å². The minimum absolute atomic E-state index is 0.0118. The summed E-state index contributed by atoms with van der Waals surface area (Å²) >= 11 is 0. The van der Waals surface area contributed by atoms with Gasteiger partial charge in [-0.3, -0.25) is 4.79 Å². The lowest BCUT2D eigenvalue weighted by Gasteiger charge is -2.52. The number of amides is 1. The van der Waals surface area contributed by atoms with Crippen LogP contribution in [0.1, 0.15) is 41.0 Å². The maximum Gasteiger partial charge on any atom is 0.328 e. The number of carbonyl (C=O) groups is 2. The molecule has 47 heavy (non-hydrogen) atoms. The summed E-state index contributed by atoms with van der Waals surface area (Å²) in [6, 6.07) is 0. The minimum Gasteiger partial charge on any atom is -0.478 e. The molecular weight excluding hydrogens is 610 g/mol. The molecule has 2 aliphatic heterocycles. The average molecular weight is 662 g/mol. The van der Waals surface area contributed by atoms with Crippen LogP contribution < -0.4 is 5.32 Å². The van der Waals surface area contributed by atoms with Crippen molar-refractivity contribution >= 4 is 11.9 Å². The second kappa shape index (κ2) is 18.4. The van der Waals surface area contributed by atoms with Crippen molar-refractivity contribution in [3.8, 4) is 0 Å². The van der Waals surface area contributed by atoms with Gasteiger partial charge in [0, 0.05) is 30.4 Å². The van der Waals surface area contributed by atoms with Gasteiger partial charge < -0.3 is 50.5 Å². The fourth-order valence-corrected chi connectivity index (χ4v) is 5.44. The molecule has 0 spiro atoms. The van der Waals surface area contributed by atoms with Crippen LogP contribution in [0.2, 0.25) is 0 Å². The van der Waals surface area contributed by atoms with E-state index < -0.39 is 78.3 Å². The maximum absolute atomic E-state index is 13.0. The van der Waals surface area contributed by atoms with Crippen molar-refractivity contribution in [1.29, 1.82) is 0 Å². The quantitative estimate of drug-likeness (QED) is 0.0931. The molecule has 2 saturated heterocycles. The Morgan fingerprint density at radius 3 is 2.30 bits per heavy atom. The number of aliphatic carboxylic acids is 1. The van der Waals surface area contributed by atoms with E-state index in [0.717, 1.165) is 6.08 Å². The van der Waals surface area contributed by atoms with Crippen LogP contribution in [0.25, 0.3) is 0 Å². The van der Waals surface area contributed by atoms with Crippen molar-refractivity contribution in [1.82, 2.24) is 5.32 Å². The van der Waals surface area contributed by atoms with Gasteiger partial charge in [0.1, 0.15) is 18.1 Å². The summed E-state index contributed by atoms with van der Waals surface area (Å²) in [6.45, 7) is 7.80. The number of nitrogens with one attached hydrogen (secondary N) is 1. The normalized spacial score (nSPS) is 32.4. The first-order valence-electron chi connectivity index (χ1n) is 15.6. The van der Waals surface area contributed by atoms with Gasteiger partial charge in [0.2, 0.25) is 11.7 Å². The van der Waals surface area contributed by atoms with E-state index in [0.29, 0.717) is 12.0 Å². The number of ether oxygens (including phenoxy) is 2. The highest BCUT2D eigenvalue weighted by atomic mass is 16.7. The van der Waals surface area contributed by atoms with E-state index >= 15 is 0 Å². The molecule has 12 heteroatoms. The van der Waals surface area contributed by atoms with Crippen molar-refractivity contribution in [2.45, 2.75) is 89.6 Å². The molecular formula is C35H51NO11. The van der Waals surface area contributed by atoms with Gasteiger partial charge in [0.25, 0.3) is 0 Å². The number of allylic oxidation sites excluding steroid dienone is 9. The predicted molar refractivity (Wildman–Crippen MR) is 176 cm³/mol. The molecule has 0 bridgehead atoms. The van der Waals surface area contributed by atoms with Gasteiger partial charge in [-0.15, -0.1) is 0 Å². The first-order chi connectivity index (χ1) is 22.1. The Morgan fingerprint density at radius 2 is 1.66 bits per heavy atom. The average Bonchev–Trinajstić information content (AvgIpc) is 3.39. The molecule has 2 fully saturated rings. The lowest BCUT2D eigenvalue weighted by atomic mass is 9.71. The Morgan fingerprint density at radius 1 is 1.00 bits per heavy atom. The molecule has 2 heterocycles. The van der Waals surface area contributed by atoms with Gasteiger partial charge in [-0.05, 0) is 19.4 Å². The Balaban J connectivity index is 1.97. The van der Waals surface area contributed by atoms with Crippen LogP contribution in [0.15, 0.2) is 84.6 Å². The van der Waals surface area contributed by atoms with Gasteiger partial charge in [-0.2, -0.15) is 0 Å². The highest BCUT2D eigenvalue weighted by molar-refractivity contribution is 5.80. The zero-order chi connectivity index (χ0) is 35.4. The van der Waals surface area contributed by atoms with E-state index in [2.05, 4.69) is 5.32 Å². The van der Waals surface area contributed by atoms with E-state index in [1.54, 1.807) is 87.6 Å². The molecule has 0 radical (unpaired) electrons. The predicted octanol–water partition coefficient (Wildman–Crippen LogP) is 1.45. The fraction of sp³-hybridized carbons (Fsp3) is 0.543. The summed E-state index contributed by atoms with van der Waals surface area (Å²) in [7, 11) is 0. The number of carboxylic acid groups (broad SMARTS) is 1. The van der Waals surface area contributed by atoms with Crippen LogP contribution >= 0.6 is 0 Å². The molecule has 10 atom stereocenters. The van der Waals surface area contributed by atoms with Crippen molar-refractivity contribution < 1.29 is 54.8 Å². The number of aliphatic hydroxyl groups is 6. The van der Waals surface area contributed by atoms with Crippen LogP contribution in [0.3, 0.4) is 0 Å². The highest BCUT2D eigenvalue weighted by Crippen LogP contribution is 2.44. The molecule has 0 aromatic heterocycles. The Kier molecular flexibility index (Phi) is 15.6. The molecule has 2 aliphatic rings. The zero-order valence-electron chi connectivity index (χ0n) is 27.6. The molecule has 1 amide bonds. The zero-order valence-corrected chi connectivity index (χ0v) is 27.6. The number of hydrogen-bond donors (Lipinski definition) is 8. The third kappa shape index (κ3) is 10.6. The molecule has 0 aliphatic carbocycles. The summed E-state index contributed by atoms with van der Waals surface area (Å²) < 4.78 is 11.7. The molecule has 8 N–H and O–H groups in total. The van der Waals surface area contributed by atoms with E-state index in [4.69, 9.17) is 14.6 Å². The minimum atomic E-state index is -2.57. The molecule has 0 aromatic carbocycles. The first-order valence-corrected chi connectivity index (χ1v) is 15.6. The lowest BCUT2D eigenvalue weighted by Crippen LogP contribution is -2.69. The third-order valence-electron chi connectivity index (χ3n) is 8.62. The van der Waals surface area contributed by atoms with Crippen molar-refractivity contribution in [3.05, 3.63) is 84.6 Å². The number of carbonyl (C=O) groups excluding carboxylic acids is 1. The topological polar surface area (TPSA) is 206 Å². The molecule has 262 valence electrons. The summed E-state index contributed by atoms with van der Waals surface area (Å²) in [4.78, 5) is 23.5. The number of rotatable bonds is 15. The third-order valence-corrected chi connectivity index (χ3v) is 8.62. The summed E-state index contributed by atoms with van der Waals surface area (Å²) in [5.74, 6) is -6.39. The molecule has 0 saturated carbocycles. The van der Waals surface area contributed by atoms with Crippen molar-refractivity contribution in [2.75, 3.05) is 13.2 Å². The number of carboxylic acids is 1. The van der Waals surface area contributed by atoms with Crippen LogP contribution in [0.5, 0.6) is 0 Å². The van der Waals surface area contributed by atoms with E-state index in [-0.39, 0.29) is 12.5 Å². The first kappa shape index (κ1) is 40.0. The van der Waals surface area contributed by atoms with Gasteiger partial charge >= 0.3 is 5.97 Å². The maximum atomic E-state index is 13.0. The van der Waals surface area contributed by atoms with E-state index in [1.165, 1.54) is 6.08 Å². The van der Waals surface area contributed by atoms with Gasteiger partial charge in [-0.1, -0.05) is 93.7 Å². The second-order valence-electron chi connectivity index (χ2n) is 12.4. The summed E-state index contributed by atoms with van der Waals surface area (Å²) in [6.07, 6.45) is 13.9. The summed E-state index contributed by atoms with van der Waals surface area (Å²) in [5.41, 5.74) is -0.404. The smallest absolute Gasteiger partial charge is 0.328 e. The van der Waals surface area contributed by atoms with Gasteiger partial charge in [-0.25, -0.2) is 4.79 Å². The van der Waals surface area contributed by atoms with Crippen LogP contribution in [0, 0.1) is 17.3 Å². The fourth-order valence-electron chi connectivity index (χ4n) is 5.44. The van der Waals surface area contributed by atoms with E-state index in [1.807, 2.05) is 13.8 Å². The largest absolute Gasteiger partial charge is 0.478 e. The van der Waals surface area contributed by atoms with Gasteiger partial charge in [0.05, 0.1) is 37.1 Å². The Labute approximate surface area is 276 Å². The Hall–Kier alpha value is -3.20. The van der Waals surface area contributed by atoms with Gasteiger partial charge in [0.15, 0.2) is 0 Å². The molecule has 12 nitrogen and oxygen atoms in total. The monoisotopic (exact) mass is 661 g/mol. The SMILES string of the molecule is C/C=C/C=C\C1OC(O)(C(CO)C(=O)NC/C=C/C=C(\C)C(O)C(C)C2CC(O)C(/C=C/C=C/C=C/C(=O)O)O2)C(O)C(O)C1(C)C. The van der Waals surface area contributed by atoms with Crippen molar-refractivity contribution in [2.24, 2.45) is 17.3 Å². The highest BCUT2D eigenvalue weighted by Gasteiger charge is 2.60. The second-order valence-corrected chi connectivity index (χ2v) is 12.4. The van der Waals surface area contributed by atoms with Crippen molar-refractivity contribution in [3.63, 3.8) is 0 Å². The molecule has 10 unspecified atom stereocenters. The standard InChI is InChI=1S/C35H51NO11/c1-6-7-10-17-28-34(4,5)31(42)32(43)35(45,47-28)24(21-37)33(44)36-19-14-13-15-22(2)30(41)23(3)27-20-25(38)26(46-27)16-11-8-9-12-18-29(39)40/h6-18,23-28,30-32,37-38,41-43,45H,19-21H2,1-5H3,(H,36,44)(H,39,40)/b7-6+,9-8+,14-13+,16-11+,17-10-,18-12+,22-15+. The number of aliphatic hydroxyl groups excluding tert-OH is 5. The van der Waals surface area contributed by atoms with Crippen LogP contribution in [-0.2, 0) is 19.1 Å².